The van der Waals surface area contributed by atoms with Crippen molar-refractivity contribution in [2.75, 3.05) is 5.32 Å². The highest BCUT2D eigenvalue weighted by molar-refractivity contribution is 5.59. The van der Waals surface area contributed by atoms with Crippen molar-refractivity contribution in [2.45, 2.75) is 19.4 Å². The van der Waals surface area contributed by atoms with Crippen LogP contribution in [0.25, 0.3) is 0 Å². The lowest BCUT2D eigenvalue weighted by molar-refractivity contribution is 0.609. The number of benzene rings is 2. The van der Waals surface area contributed by atoms with Crippen LogP contribution in [0.2, 0.25) is 0 Å². The van der Waals surface area contributed by atoms with Gasteiger partial charge in [0.05, 0.1) is 16.8 Å². The highest BCUT2D eigenvalue weighted by atomic mass is 15.0. The summed E-state index contributed by atoms with van der Waals surface area (Å²) in [6.45, 7) is 4.22. The van der Waals surface area contributed by atoms with E-state index in [0.717, 1.165) is 5.69 Å². The number of nitrogens with zero attached hydrogens (tertiary/aromatic N) is 1. The van der Waals surface area contributed by atoms with Gasteiger partial charge in [0, 0.05) is 0 Å². The summed E-state index contributed by atoms with van der Waals surface area (Å²) >= 11 is 0. The fourth-order valence-electron chi connectivity index (χ4n) is 1.95. The van der Waals surface area contributed by atoms with Crippen molar-refractivity contribution in [3.05, 3.63) is 65.7 Å². The van der Waals surface area contributed by atoms with E-state index < -0.39 is 0 Å². The second kappa shape index (κ2) is 4.93. The van der Waals surface area contributed by atoms with E-state index in [1.165, 1.54) is 5.56 Å². The molecule has 90 valence electrons. The van der Waals surface area contributed by atoms with Gasteiger partial charge in [-0.3, -0.25) is 0 Å². The monoisotopic (exact) mass is 236 g/mol. The van der Waals surface area contributed by atoms with Crippen LogP contribution in [-0.4, -0.2) is 0 Å². The van der Waals surface area contributed by atoms with Crippen LogP contribution in [0.4, 0.5) is 5.69 Å². The summed E-state index contributed by atoms with van der Waals surface area (Å²) < 4.78 is 0. The molecular weight excluding hydrogens is 220 g/mol. The molecule has 0 atom stereocenters. The number of hydrogen-bond acceptors (Lipinski definition) is 2. The topological polar surface area (TPSA) is 35.8 Å². The fraction of sp³-hybridized carbons (Fsp3) is 0.188. The van der Waals surface area contributed by atoms with Gasteiger partial charge in [-0.1, -0.05) is 42.5 Å². The summed E-state index contributed by atoms with van der Waals surface area (Å²) in [6, 6.07) is 20.0. The molecule has 0 unspecified atom stereocenters. The van der Waals surface area contributed by atoms with E-state index >= 15 is 0 Å². The molecule has 0 fully saturated rings. The molecule has 2 aromatic carbocycles. The molecule has 0 aliphatic heterocycles. The first kappa shape index (κ1) is 12.2. The lowest BCUT2D eigenvalue weighted by Gasteiger charge is -2.28. The van der Waals surface area contributed by atoms with Crippen molar-refractivity contribution in [1.82, 2.24) is 0 Å². The lowest BCUT2D eigenvalue weighted by Crippen LogP contribution is -2.28. The number of para-hydroxylation sites is 1. The minimum absolute atomic E-state index is 0.214. The highest BCUT2D eigenvalue weighted by Crippen LogP contribution is 2.27. The van der Waals surface area contributed by atoms with Crippen LogP contribution in [0, 0.1) is 11.3 Å². The third-order valence-corrected chi connectivity index (χ3v) is 2.99. The quantitative estimate of drug-likeness (QED) is 0.877. The average molecular weight is 236 g/mol. The second-order valence-corrected chi connectivity index (χ2v) is 4.77. The standard InChI is InChI=1S/C16H16N2/c1-16(2,14-9-4-3-5-10-14)18-15-11-7-6-8-13(15)12-17/h3-11,18H,1-2H3. The predicted molar refractivity (Wildman–Crippen MR) is 74.2 cm³/mol. The minimum Gasteiger partial charge on any atom is -0.375 e. The Morgan fingerprint density at radius 1 is 0.944 bits per heavy atom. The molecule has 2 aromatic rings. The zero-order chi connectivity index (χ0) is 13.0. The predicted octanol–water partition coefficient (Wildman–Crippen LogP) is 3.91. The number of nitrogens with one attached hydrogen (secondary N) is 1. The maximum atomic E-state index is 9.10. The van der Waals surface area contributed by atoms with Crippen LogP contribution in [0.3, 0.4) is 0 Å². The van der Waals surface area contributed by atoms with Crippen molar-refractivity contribution in [3.63, 3.8) is 0 Å². The number of anilines is 1. The van der Waals surface area contributed by atoms with Crippen LogP contribution >= 0.6 is 0 Å². The molecule has 2 rings (SSSR count). The number of hydrogen-bond donors (Lipinski definition) is 1. The summed E-state index contributed by atoms with van der Waals surface area (Å²) in [5.41, 5.74) is 2.52. The van der Waals surface area contributed by atoms with E-state index in [9.17, 15) is 0 Å². The Kier molecular flexibility index (Phi) is 3.34. The third kappa shape index (κ3) is 2.52. The fourth-order valence-corrected chi connectivity index (χ4v) is 1.95. The van der Waals surface area contributed by atoms with E-state index in [1.54, 1.807) is 0 Å². The molecule has 0 heterocycles. The zero-order valence-electron chi connectivity index (χ0n) is 10.6. The van der Waals surface area contributed by atoms with Crippen molar-refractivity contribution in [1.29, 1.82) is 5.26 Å². The number of nitriles is 1. The van der Waals surface area contributed by atoms with Gasteiger partial charge in [-0.25, -0.2) is 0 Å². The molecule has 2 nitrogen and oxygen atoms in total. The van der Waals surface area contributed by atoms with Crippen LogP contribution in [-0.2, 0) is 5.54 Å². The van der Waals surface area contributed by atoms with Gasteiger partial charge in [-0.05, 0) is 31.5 Å². The molecule has 0 radical (unpaired) electrons. The normalized spacial score (nSPS) is 10.7. The first-order valence-electron chi connectivity index (χ1n) is 5.96. The average Bonchev–Trinajstić information content (AvgIpc) is 2.40. The molecule has 18 heavy (non-hydrogen) atoms. The van der Waals surface area contributed by atoms with Crippen LogP contribution < -0.4 is 5.32 Å². The summed E-state index contributed by atoms with van der Waals surface area (Å²) in [5, 5.41) is 12.5. The van der Waals surface area contributed by atoms with Gasteiger partial charge in [-0.2, -0.15) is 5.26 Å². The Labute approximate surface area is 108 Å². The molecular formula is C16H16N2. The van der Waals surface area contributed by atoms with Gasteiger partial charge in [0.25, 0.3) is 0 Å². The Balaban J connectivity index is 2.31. The van der Waals surface area contributed by atoms with E-state index in [2.05, 4.69) is 37.4 Å². The van der Waals surface area contributed by atoms with E-state index in [-0.39, 0.29) is 5.54 Å². The summed E-state index contributed by atoms with van der Waals surface area (Å²) in [5.74, 6) is 0. The van der Waals surface area contributed by atoms with E-state index in [0.29, 0.717) is 5.56 Å². The molecule has 1 N–H and O–H groups in total. The lowest BCUT2D eigenvalue weighted by atomic mass is 9.93. The zero-order valence-corrected chi connectivity index (χ0v) is 10.6. The maximum Gasteiger partial charge on any atom is 0.101 e. The SMILES string of the molecule is CC(C)(Nc1ccccc1C#N)c1ccccc1. The highest BCUT2D eigenvalue weighted by Gasteiger charge is 2.20. The van der Waals surface area contributed by atoms with E-state index in [4.69, 9.17) is 5.26 Å². The van der Waals surface area contributed by atoms with Crippen LogP contribution in [0.15, 0.2) is 54.6 Å². The van der Waals surface area contributed by atoms with Crippen LogP contribution in [0.1, 0.15) is 25.0 Å². The molecule has 0 aliphatic carbocycles. The molecule has 2 heteroatoms. The summed E-state index contributed by atoms with van der Waals surface area (Å²) in [6.07, 6.45) is 0. The van der Waals surface area contributed by atoms with Crippen molar-refractivity contribution >= 4 is 5.69 Å². The van der Waals surface area contributed by atoms with Crippen molar-refractivity contribution < 1.29 is 0 Å². The van der Waals surface area contributed by atoms with Gasteiger partial charge in [-0.15, -0.1) is 0 Å². The van der Waals surface area contributed by atoms with E-state index in [1.807, 2.05) is 42.5 Å². The van der Waals surface area contributed by atoms with Gasteiger partial charge >= 0.3 is 0 Å². The van der Waals surface area contributed by atoms with Gasteiger partial charge in [0.15, 0.2) is 0 Å². The first-order valence-corrected chi connectivity index (χ1v) is 5.96. The molecule has 0 aliphatic rings. The molecule has 0 bridgehead atoms. The molecule has 0 aromatic heterocycles. The Hall–Kier alpha value is -2.27. The smallest absolute Gasteiger partial charge is 0.101 e. The maximum absolute atomic E-state index is 9.10. The molecule has 0 saturated heterocycles. The molecule has 0 saturated carbocycles. The third-order valence-electron chi connectivity index (χ3n) is 2.99. The molecule has 0 spiro atoms. The van der Waals surface area contributed by atoms with Gasteiger partial charge < -0.3 is 5.32 Å². The van der Waals surface area contributed by atoms with Crippen LogP contribution in [0.5, 0.6) is 0 Å². The first-order chi connectivity index (χ1) is 8.63. The van der Waals surface area contributed by atoms with Gasteiger partial charge in [0.1, 0.15) is 6.07 Å². The largest absolute Gasteiger partial charge is 0.375 e. The number of rotatable bonds is 3. The van der Waals surface area contributed by atoms with Crippen molar-refractivity contribution in [2.24, 2.45) is 0 Å². The molecule has 0 amide bonds. The summed E-state index contributed by atoms with van der Waals surface area (Å²) in [4.78, 5) is 0. The second-order valence-electron chi connectivity index (χ2n) is 4.77. The summed E-state index contributed by atoms with van der Waals surface area (Å²) in [7, 11) is 0. The Morgan fingerprint density at radius 2 is 1.56 bits per heavy atom. The Morgan fingerprint density at radius 3 is 2.22 bits per heavy atom. The van der Waals surface area contributed by atoms with Crippen molar-refractivity contribution in [3.8, 4) is 6.07 Å². The van der Waals surface area contributed by atoms with Gasteiger partial charge in [0.2, 0.25) is 0 Å². The minimum atomic E-state index is -0.214. The Bertz CT molecular complexity index is 565.